The van der Waals surface area contributed by atoms with E-state index in [2.05, 4.69) is 5.32 Å². The van der Waals surface area contributed by atoms with E-state index in [-0.39, 0.29) is 23.6 Å². The molecule has 0 heterocycles. The van der Waals surface area contributed by atoms with E-state index in [1.165, 1.54) is 32.1 Å². The second-order valence-corrected chi connectivity index (χ2v) is 11.0. The molecule has 0 saturated heterocycles. The van der Waals surface area contributed by atoms with Crippen LogP contribution in [0.5, 0.6) is 0 Å². The van der Waals surface area contributed by atoms with Crippen molar-refractivity contribution < 1.29 is 13.2 Å². The van der Waals surface area contributed by atoms with Crippen LogP contribution in [0.15, 0.2) is 29.2 Å². The Kier molecular flexibility index (Phi) is 7.55. The zero-order chi connectivity index (χ0) is 20.0. The predicted octanol–water partition coefficient (Wildman–Crippen LogP) is 4.80. The molecule has 1 aromatic rings. The van der Waals surface area contributed by atoms with Gasteiger partial charge in [-0.05, 0) is 68.6 Å². The molecule has 1 N–H and O–H groups in total. The minimum atomic E-state index is -3.23. The summed E-state index contributed by atoms with van der Waals surface area (Å²) in [5, 5.41) is 3.19. The second kappa shape index (κ2) is 9.91. The number of rotatable bonds is 7. The van der Waals surface area contributed by atoms with Gasteiger partial charge in [0, 0.05) is 12.5 Å². The summed E-state index contributed by atoms with van der Waals surface area (Å²) in [6.45, 7) is 1.92. The Morgan fingerprint density at radius 2 is 1.71 bits per heavy atom. The Morgan fingerprint density at radius 1 is 1.00 bits per heavy atom. The van der Waals surface area contributed by atoms with E-state index in [1.54, 1.807) is 12.1 Å². The van der Waals surface area contributed by atoms with Gasteiger partial charge in [0.2, 0.25) is 5.91 Å². The molecule has 2 aliphatic rings. The molecule has 0 spiro atoms. The number of hydrogen-bond acceptors (Lipinski definition) is 3. The van der Waals surface area contributed by atoms with Gasteiger partial charge in [-0.1, -0.05) is 44.2 Å². The van der Waals surface area contributed by atoms with Crippen LogP contribution in [-0.2, 0) is 14.6 Å². The first-order chi connectivity index (χ1) is 13.4. The van der Waals surface area contributed by atoms with E-state index < -0.39 is 9.84 Å². The fourth-order valence-corrected chi connectivity index (χ4v) is 6.60. The van der Waals surface area contributed by atoms with Crippen molar-refractivity contribution in [3.05, 3.63) is 29.8 Å². The number of sulfone groups is 1. The standard InChI is InChI=1S/C23H35NO3S/c1-18-6-5-9-22(16-18)28(26,27)17-20-10-13-21(14-11-20)24-23(25)15-12-19-7-3-2-4-8-19/h5-6,9,16,19-21H,2-4,7-8,10-15,17H2,1H3,(H,24,25). The fraction of sp³-hybridized carbons (Fsp3) is 0.696. The number of nitrogens with one attached hydrogen (secondary N) is 1. The smallest absolute Gasteiger partial charge is 0.220 e. The molecule has 0 aromatic heterocycles. The first-order valence-electron chi connectivity index (χ1n) is 11.0. The van der Waals surface area contributed by atoms with E-state index in [0.29, 0.717) is 11.3 Å². The molecule has 2 aliphatic carbocycles. The van der Waals surface area contributed by atoms with E-state index >= 15 is 0 Å². The van der Waals surface area contributed by atoms with Gasteiger partial charge in [-0.3, -0.25) is 4.79 Å². The number of amides is 1. The molecule has 0 radical (unpaired) electrons. The molecule has 3 rings (SSSR count). The summed E-state index contributed by atoms with van der Waals surface area (Å²) < 4.78 is 25.4. The van der Waals surface area contributed by atoms with Gasteiger partial charge in [-0.15, -0.1) is 0 Å². The molecule has 2 saturated carbocycles. The number of hydrogen-bond donors (Lipinski definition) is 1. The number of aryl methyl sites for hydroxylation is 1. The average Bonchev–Trinajstić information content (AvgIpc) is 2.68. The molecule has 28 heavy (non-hydrogen) atoms. The minimum absolute atomic E-state index is 0.182. The lowest BCUT2D eigenvalue weighted by Crippen LogP contribution is -2.38. The van der Waals surface area contributed by atoms with Crippen LogP contribution >= 0.6 is 0 Å². The average molecular weight is 406 g/mol. The van der Waals surface area contributed by atoms with Crippen molar-refractivity contribution in [2.75, 3.05) is 5.75 Å². The van der Waals surface area contributed by atoms with Crippen LogP contribution in [0.25, 0.3) is 0 Å². The highest BCUT2D eigenvalue weighted by Crippen LogP contribution is 2.29. The van der Waals surface area contributed by atoms with Gasteiger partial charge in [-0.25, -0.2) is 8.42 Å². The van der Waals surface area contributed by atoms with Gasteiger partial charge in [0.15, 0.2) is 9.84 Å². The molecule has 5 heteroatoms. The Balaban J connectivity index is 1.39. The topological polar surface area (TPSA) is 63.2 Å². The first kappa shape index (κ1) is 21.4. The van der Waals surface area contributed by atoms with Crippen LogP contribution in [0.3, 0.4) is 0 Å². The quantitative estimate of drug-likeness (QED) is 0.708. The highest BCUT2D eigenvalue weighted by Gasteiger charge is 2.27. The third-order valence-corrected chi connectivity index (χ3v) is 8.40. The summed E-state index contributed by atoms with van der Waals surface area (Å²) in [4.78, 5) is 12.7. The zero-order valence-corrected chi connectivity index (χ0v) is 18.0. The fourth-order valence-electron chi connectivity index (χ4n) is 4.80. The molecular weight excluding hydrogens is 370 g/mol. The summed E-state index contributed by atoms with van der Waals surface area (Å²) in [5.41, 5.74) is 0.973. The van der Waals surface area contributed by atoms with Crippen LogP contribution in [0.4, 0.5) is 0 Å². The first-order valence-corrected chi connectivity index (χ1v) is 12.7. The van der Waals surface area contributed by atoms with E-state index in [4.69, 9.17) is 0 Å². The van der Waals surface area contributed by atoms with Gasteiger partial charge >= 0.3 is 0 Å². The summed E-state index contributed by atoms with van der Waals surface area (Å²) in [6, 6.07) is 7.40. The van der Waals surface area contributed by atoms with Crippen molar-refractivity contribution in [3.8, 4) is 0 Å². The molecule has 0 atom stereocenters. The summed E-state index contributed by atoms with van der Waals surface area (Å²) in [5.74, 6) is 1.34. The highest BCUT2D eigenvalue weighted by molar-refractivity contribution is 7.91. The third kappa shape index (κ3) is 6.33. The predicted molar refractivity (Wildman–Crippen MR) is 113 cm³/mol. The largest absolute Gasteiger partial charge is 0.353 e. The molecule has 4 nitrogen and oxygen atoms in total. The molecule has 0 bridgehead atoms. The minimum Gasteiger partial charge on any atom is -0.353 e. The molecule has 156 valence electrons. The van der Waals surface area contributed by atoms with Gasteiger partial charge in [0.1, 0.15) is 0 Å². The number of benzene rings is 1. The van der Waals surface area contributed by atoms with Crippen molar-refractivity contribution in [2.45, 2.75) is 88.5 Å². The van der Waals surface area contributed by atoms with Crippen molar-refractivity contribution in [3.63, 3.8) is 0 Å². The lowest BCUT2D eigenvalue weighted by molar-refractivity contribution is -0.122. The lowest BCUT2D eigenvalue weighted by atomic mass is 9.85. The molecular formula is C23H35NO3S. The van der Waals surface area contributed by atoms with Gasteiger partial charge in [0.05, 0.1) is 10.6 Å². The van der Waals surface area contributed by atoms with E-state index in [9.17, 15) is 13.2 Å². The summed E-state index contributed by atoms with van der Waals surface area (Å²) in [7, 11) is -3.23. The number of carbonyl (C=O) groups excluding carboxylic acids is 1. The van der Waals surface area contributed by atoms with Crippen LogP contribution < -0.4 is 5.32 Å². The van der Waals surface area contributed by atoms with Gasteiger partial charge < -0.3 is 5.32 Å². The van der Waals surface area contributed by atoms with Crippen LogP contribution in [0.1, 0.15) is 76.2 Å². The van der Waals surface area contributed by atoms with Crippen LogP contribution in [-0.4, -0.2) is 26.1 Å². The van der Waals surface area contributed by atoms with Crippen LogP contribution in [0, 0.1) is 18.8 Å². The Labute approximate surface area is 170 Å². The molecule has 0 aliphatic heterocycles. The lowest BCUT2D eigenvalue weighted by Gasteiger charge is -2.29. The molecule has 2 fully saturated rings. The van der Waals surface area contributed by atoms with Gasteiger partial charge in [-0.2, -0.15) is 0 Å². The summed E-state index contributed by atoms with van der Waals surface area (Å²) in [6.07, 6.45) is 11.8. The third-order valence-electron chi connectivity index (χ3n) is 6.52. The van der Waals surface area contributed by atoms with Gasteiger partial charge in [0.25, 0.3) is 0 Å². The van der Waals surface area contributed by atoms with E-state index in [0.717, 1.165) is 43.6 Å². The normalized spacial score (nSPS) is 24.0. The molecule has 1 aromatic carbocycles. The van der Waals surface area contributed by atoms with Crippen molar-refractivity contribution in [1.29, 1.82) is 0 Å². The van der Waals surface area contributed by atoms with Crippen molar-refractivity contribution >= 4 is 15.7 Å². The maximum atomic E-state index is 12.7. The Hall–Kier alpha value is -1.36. The van der Waals surface area contributed by atoms with E-state index in [1.807, 2.05) is 19.1 Å². The highest BCUT2D eigenvalue weighted by atomic mass is 32.2. The Bertz CT molecular complexity index is 745. The SMILES string of the molecule is Cc1cccc(S(=O)(=O)CC2CCC(NC(=O)CCC3CCCCC3)CC2)c1. The molecule has 0 unspecified atom stereocenters. The summed E-state index contributed by atoms with van der Waals surface area (Å²) >= 11 is 0. The molecule has 1 amide bonds. The number of carbonyl (C=O) groups is 1. The maximum absolute atomic E-state index is 12.7. The maximum Gasteiger partial charge on any atom is 0.220 e. The monoisotopic (exact) mass is 405 g/mol. The van der Waals surface area contributed by atoms with Crippen molar-refractivity contribution in [1.82, 2.24) is 5.32 Å². The Morgan fingerprint density at radius 3 is 2.39 bits per heavy atom. The van der Waals surface area contributed by atoms with Crippen LogP contribution in [0.2, 0.25) is 0 Å². The van der Waals surface area contributed by atoms with Crippen molar-refractivity contribution in [2.24, 2.45) is 11.8 Å². The zero-order valence-electron chi connectivity index (χ0n) is 17.2. The second-order valence-electron chi connectivity index (χ2n) is 8.93.